The second kappa shape index (κ2) is 13.2. The molecule has 0 spiro atoms. The Balaban J connectivity index is 2.15. The first-order chi connectivity index (χ1) is 15.9. The van der Waals surface area contributed by atoms with Crippen LogP contribution in [0.4, 0.5) is 0 Å². The summed E-state index contributed by atoms with van der Waals surface area (Å²) in [4.78, 5) is 22.6. The van der Waals surface area contributed by atoms with Gasteiger partial charge in [0, 0.05) is 44.8 Å². The highest BCUT2D eigenvalue weighted by Crippen LogP contribution is 2.43. The van der Waals surface area contributed by atoms with Crippen molar-refractivity contribution in [2.24, 2.45) is 11.8 Å². The fraction of sp³-hybridized carbons (Fsp3) is 0.846. The molecule has 1 saturated carbocycles. The third-order valence-electron chi connectivity index (χ3n) is 7.53. The Morgan fingerprint density at radius 2 is 1.85 bits per heavy atom. The van der Waals surface area contributed by atoms with Crippen molar-refractivity contribution >= 4 is 20.3 Å². The van der Waals surface area contributed by atoms with Gasteiger partial charge in [-0.1, -0.05) is 32.9 Å². The molecule has 1 unspecified atom stereocenters. The highest BCUT2D eigenvalue weighted by atomic mass is 28.4. The zero-order valence-electron chi connectivity index (χ0n) is 22.0. The van der Waals surface area contributed by atoms with Crippen molar-refractivity contribution in [1.29, 1.82) is 0 Å². The molecule has 1 aliphatic heterocycles. The smallest absolute Gasteiger partial charge is 0.303 e. The Bertz CT molecular complexity index is 679. The second-order valence-electron chi connectivity index (χ2n) is 11.2. The third-order valence-corrected chi connectivity index (χ3v) is 12.0. The van der Waals surface area contributed by atoms with Crippen LogP contribution in [0.3, 0.4) is 0 Å². The number of rotatable bonds is 12. The summed E-state index contributed by atoms with van der Waals surface area (Å²) in [6.07, 6.45) is 9.53. The highest BCUT2D eigenvalue weighted by molar-refractivity contribution is 6.74. The number of carboxylic acid groups (broad SMARTS) is 1. The van der Waals surface area contributed by atoms with Gasteiger partial charge in [-0.15, -0.1) is 0 Å². The molecule has 1 heterocycles. The van der Waals surface area contributed by atoms with Gasteiger partial charge in [0.1, 0.15) is 6.10 Å². The third kappa shape index (κ3) is 9.09. The lowest BCUT2D eigenvalue weighted by atomic mass is 9.91. The number of aliphatic carboxylic acids is 1. The SMILES string of the molecule is CC(=O)O[C@@H]1C[C@H](OC2CCCCO2)[C@@H](CO[Si](C)(C)C(C)(C)C)[C@@H]1CC=CCCCC(=O)O. The standard InChI is InChI=1S/C26H46O7Si/c1-19(27)32-22-17-23(33-25-15-11-12-16-30-25)21(18-31-34(5,6)26(2,3)4)20(22)13-9-7-8-10-14-24(28)29/h7,9,20-23,25H,8,10-18H2,1-6H3,(H,28,29)/t20-,21-,22+,23-,25?/m0/s1. The lowest BCUT2D eigenvalue weighted by molar-refractivity contribution is -0.198. The molecule has 0 aromatic heterocycles. The van der Waals surface area contributed by atoms with E-state index in [4.69, 9.17) is 23.7 Å². The molecule has 0 radical (unpaired) electrons. The maximum atomic E-state index is 11.9. The Morgan fingerprint density at radius 3 is 2.44 bits per heavy atom. The number of hydrogen-bond donors (Lipinski definition) is 1. The normalized spacial score (nSPS) is 28.4. The van der Waals surface area contributed by atoms with Gasteiger partial charge in [-0.3, -0.25) is 9.59 Å². The molecule has 2 aliphatic rings. The largest absolute Gasteiger partial charge is 0.481 e. The number of esters is 1. The van der Waals surface area contributed by atoms with E-state index >= 15 is 0 Å². The van der Waals surface area contributed by atoms with Crippen LogP contribution in [0.5, 0.6) is 0 Å². The molecule has 34 heavy (non-hydrogen) atoms. The first-order valence-electron chi connectivity index (χ1n) is 12.9. The molecule has 0 bridgehead atoms. The van der Waals surface area contributed by atoms with Gasteiger partial charge in [0.05, 0.1) is 6.10 Å². The molecule has 0 aromatic carbocycles. The Labute approximate surface area is 206 Å². The number of ether oxygens (including phenoxy) is 3. The molecule has 0 amide bonds. The predicted octanol–water partition coefficient (Wildman–Crippen LogP) is 5.69. The van der Waals surface area contributed by atoms with E-state index in [9.17, 15) is 9.59 Å². The first kappa shape index (κ1) is 29.0. The molecule has 196 valence electrons. The molecule has 1 aliphatic carbocycles. The number of allylic oxidation sites excluding steroid dienone is 2. The van der Waals surface area contributed by atoms with Crippen LogP contribution in [0.25, 0.3) is 0 Å². The van der Waals surface area contributed by atoms with E-state index in [1.807, 2.05) is 6.08 Å². The van der Waals surface area contributed by atoms with Crippen molar-refractivity contribution in [1.82, 2.24) is 0 Å². The van der Waals surface area contributed by atoms with Crippen molar-refractivity contribution < 1.29 is 33.3 Å². The maximum Gasteiger partial charge on any atom is 0.303 e. The summed E-state index contributed by atoms with van der Waals surface area (Å²) in [7, 11) is -1.97. The molecule has 5 atom stereocenters. The van der Waals surface area contributed by atoms with Gasteiger partial charge in [-0.25, -0.2) is 0 Å². The summed E-state index contributed by atoms with van der Waals surface area (Å²) < 4.78 is 24.7. The van der Waals surface area contributed by atoms with Crippen LogP contribution >= 0.6 is 0 Å². The molecule has 2 rings (SSSR count). The summed E-state index contributed by atoms with van der Waals surface area (Å²) in [6, 6.07) is 0. The Hall–Kier alpha value is -1.22. The number of hydrogen-bond acceptors (Lipinski definition) is 6. The molecule has 1 saturated heterocycles. The van der Waals surface area contributed by atoms with Crippen molar-refractivity contribution in [3.8, 4) is 0 Å². The fourth-order valence-electron chi connectivity index (χ4n) is 4.47. The van der Waals surface area contributed by atoms with Crippen LogP contribution in [0.15, 0.2) is 12.2 Å². The van der Waals surface area contributed by atoms with E-state index in [2.05, 4.69) is 39.9 Å². The average Bonchev–Trinajstić information content (AvgIpc) is 3.03. The van der Waals surface area contributed by atoms with Crippen molar-refractivity contribution in [3.63, 3.8) is 0 Å². The fourth-order valence-corrected chi connectivity index (χ4v) is 5.51. The van der Waals surface area contributed by atoms with E-state index in [1.54, 1.807) is 0 Å². The van der Waals surface area contributed by atoms with Crippen molar-refractivity contribution in [2.75, 3.05) is 13.2 Å². The lowest BCUT2D eigenvalue weighted by Crippen LogP contribution is -2.44. The summed E-state index contributed by atoms with van der Waals surface area (Å²) in [5.41, 5.74) is 0. The van der Waals surface area contributed by atoms with Gasteiger partial charge in [0.25, 0.3) is 0 Å². The van der Waals surface area contributed by atoms with Crippen LogP contribution in [0, 0.1) is 11.8 Å². The van der Waals surface area contributed by atoms with Gasteiger partial charge in [0.15, 0.2) is 14.6 Å². The number of carbonyl (C=O) groups excluding carboxylic acids is 1. The van der Waals surface area contributed by atoms with Gasteiger partial charge in [-0.05, 0) is 56.7 Å². The van der Waals surface area contributed by atoms with Crippen molar-refractivity contribution in [2.45, 2.75) is 116 Å². The van der Waals surface area contributed by atoms with Crippen LogP contribution in [-0.4, -0.2) is 57.1 Å². The quantitative estimate of drug-likeness (QED) is 0.160. The summed E-state index contributed by atoms with van der Waals surface area (Å²) >= 11 is 0. The Morgan fingerprint density at radius 1 is 1.12 bits per heavy atom. The van der Waals surface area contributed by atoms with E-state index < -0.39 is 14.3 Å². The van der Waals surface area contributed by atoms with Gasteiger partial charge < -0.3 is 23.7 Å². The molecule has 1 N–H and O–H groups in total. The Kier molecular flexibility index (Phi) is 11.3. The van der Waals surface area contributed by atoms with E-state index in [1.165, 1.54) is 6.92 Å². The number of unbranched alkanes of at least 4 members (excludes halogenated alkanes) is 1. The number of carbonyl (C=O) groups is 2. The lowest BCUT2D eigenvalue weighted by Gasteiger charge is -2.38. The topological polar surface area (TPSA) is 91.3 Å². The molecule has 2 fully saturated rings. The molecule has 8 heteroatoms. The van der Waals surface area contributed by atoms with Gasteiger partial charge in [0.2, 0.25) is 0 Å². The molecule has 0 aromatic rings. The second-order valence-corrected chi connectivity index (χ2v) is 16.1. The average molecular weight is 499 g/mol. The highest BCUT2D eigenvalue weighted by Gasteiger charge is 2.48. The van der Waals surface area contributed by atoms with Gasteiger partial charge in [-0.2, -0.15) is 0 Å². The molecular weight excluding hydrogens is 452 g/mol. The summed E-state index contributed by atoms with van der Waals surface area (Å²) in [5, 5.41) is 8.93. The maximum absolute atomic E-state index is 11.9. The minimum absolute atomic E-state index is 0.0815. The van der Waals surface area contributed by atoms with Crippen LogP contribution in [-0.2, 0) is 28.2 Å². The predicted molar refractivity (Wildman–Crippen MR) is 134 cm³/mol. The van der Waals surface area contributed by atoms with Crippen LogP contribution < -0.4 is 0 Å². The molecular formula is C26H46O7Si. The monoisotopic (exact) mass is 498 g/mol. The zero-order valence-corrected chi connectivity index (χ0v) is 23.0. The van der Waals surface area contributed by atoms with E-state index in [0.29, 0.717) is 19.4 Å². The van der Waals surface area contributed by atoms with Crippen LogP contribution in [0.2, 0.25) is 18.1 Å². The minimum atomic E-state index is -1.97. The summed E-state index contributed by atoms with van der Waals surface area (Å²) in [6.45, 7) is 14.0. The van der Waals surface area contributed by atoms with E-state index in [-0.39, 0.29) is 47.8 Å². The van der Waals surface area contributed by atoms with Gasteiger partial charge >= 0.3 is 11.9 Å². The van der Waals surface area contributed by atoms with E-state index in [0.717, 1.165) is 38.7 Å². The first-order valence-corrected chi connectivity index (χ1v) is 15.8. The number of carboxylic acids is 1. The minimum Gasteiger partial charge on any atom is -0.481 e. The van der Waals surface area contributed by atoms with Crippen LogP contribution in [0.1, 0.15) is 79.1 Å². The zero-order chi connectivity index (χ0) is 25.4. The van der Waals surface area contributed by atoms with Crippen molar-refractivity contribution in [3.05, 3.63) is 12.2 Å². The summed E-state index contributed by atoms with van der Waals surface area (Å²) in [5.74, 6) is -0.878. The molecule has 7 nitrogen and oxygen atoms in total.